The molecular weight excluding hydrogens is 230 g/mol. The third kappa shape index (κ3) is 2.83. The molecule has 0 N–H and O–H groups in total. The summed E-state index contributed by atoms with van der Waals surface area (Å²) in [5, 5.41) is 11.9. The van der Waals surface area contributed by atoms with Gasteiger partial charge in [0, 0.05) is 19.0 Å². The Labute approximate surface area is 105 Å². The molecule has 0 atom stereocenters. The number of aryl methyl sites for hydroxylation is 1. The van der Waals surface area contributed by atoms with E-state index >= 15 is 0 Å². The Bertz CT molecular complexity index is 554. The molecule has 0 bridgehead atoms. The molecule has 1 aromatic heterocycles. The second kappa shape index (κ2) is 4.98. The number of anilines is 1. The Kier molecular flexibility index (Phi) is 3.40. The van der Waals surface area contributed by atoms with Crippen molar-refractivity contribution in [1.29, 1.82) is 5.26 Å². The lowest BCUT2D eigenvalue weighted by Gasteiger charge is -2.15. The van der Waals surface area contributed by atoms with Gasteiger partial charge in [-0.05, 0) is 24.6 Å². The zero-order valence-corrected chi connectivity index (χ0v) is 10.7. The third-order valence-electron chi connectivity index (χ3n) is 2.41. The summed E-state index contributed by atoms with van der Waals surface area (Å²) in [6.45, 7) is 2.76. The summed E-state index contributed by atoms with van der Waals surface area (Å²) in [5.74, 6) is 0. The maximum atomic E-state index is 8.84. The summed E-state index contributed by atoms with van der Waals surface area (Å²) in [6.07, 6.45) is 0. The van der Waals surface area contributed by atoms with Crippen LogP contribution in [0.25, 0.3) is 0 Å². The van der Waals surface area contributed by atoms with Crippen molar-refractivity contribution >= 4 is 16.5 Å². The van der Waals surface area contributed by atoms with Gasteiger partial charge in [0.2, 0.25) is 0 Å². The van der Waals surface area contributed by atoms with Gasteiger partial charge in [0.1, 0.15) is 0 Å². The first-order valence-electron chi connectivity index (χ1n) is 5.31. The van der Waals surface area contributed by atoms with E-state index in [2.05, 4.69) is 16.0 Å². The average Bonchev–Trinajstić information content (AvgIpc) is 2.76. The van der Waals surface area contributed by atoms with Gasteiger partial charge in [-0.2, -0.15) is 5.26 Å². The molecule has 1 aromatic carbocycles. The van der Waals surface area contributed by atoms with Crippen molar-refractivity contribution in [2.75, 3.05) is 11.9 Å². The van der Waals surface area contributed by atoms with E-state index in [-0.39, 0.29) is 0 Å². The van der Waals surface area contributed by atoms with E-state index < -0.39 is 0 Å². The largest absolute Gasteiger partial charge is 0.347 e. The van der Waals surface area contributed by atoms with Gasteiger partial charge < -0.3 is 4.90 Å². The van der Waals surface area contributed by atoms with Crippen molar-refractivity contribution in [3.05, 3.63) is 46.5 Å². The van der Waals surface area contributed by atoms with Gasteiger partial charge in [0.25, 0.3) is 0 Å². The lowest BCUT2D eigenvalue weighted by molar-refractivity contribution is 0.910. The van der Waals surface area contributed by atoms with Crippen LogP contribution in [-0.4, -0.2) is 12.0 Å². The lowest BCUT2D eigenvalue weighted by atomic mass is 10.1. The summed E-state index contributed by atoms with van der Waals surface area (Å²) in [7, 11) is 2.01. The quantitative estimate of drug-likeness (QED) is 0.832. The lowest BCUT2D eigenvalue weighted by Crippen LogP contribution is -2.16. The molecule has 0 saturated heterocycles. The minimum absolute atomic E-state index is 0.700. The van der Waals surface area contributed by atoms with Gasteiger partial charge >= 0.3 is 0 Å². The molecule has 0 spiro atoms. The van der Waals surface area contributed by atoms with Crippen LogP contribution in [0.2, 0.25) is 0 Å². The molecule has 0 fully saturated rings. The predicted octanol–water partition coefficient (Wildman–Crippen LogP) is 2.96. The molecule has 2 aromatic rings. The fourth-order valence-electron chi connectivity index (χ4n) is 1.60. The average molecular weight is 243 g/mol. The van der Waals surface area contributed by atoms with Crippen molar-refractivity contribution in [2.45, 2.75) is 13.5 Å². The molecule has 2 rings (SSSR count). The number of benzene rings is 1. The molecule has 3 nitrogen and oxygen atoms in total. The number of hydrogen-bond acceptors (Lipinski definition) is 4. The van der Waals surface area contributed by atoms with Gasteiger partial charge in [-0.1, -0.05) is 12.1 Å². The van der Waals surface area contributed by atoms with Crippen LogP contribution in [0.4, 0.5) is 5.13 Å². The molecule has 17 heavy (non-hydrogen) atoms. The van der Waals surface area contributed by atoms with Crippen molar-refractivity contribution in [3.63, 3.8) is 0 Å². The maximum Gasteiger partial charge on any atom is 0.185 e. The zero-order valence-electron chi connectivity index (χ0n) is 9.84. The Hall–Kier alpha value is -1.86. The normalized spacial score (nSPS) is 9.94. The van der Waals surface area contributed by atoms with Crippen LogP contribution in [-0.2, 0) is 6.54 Å². The van der Waals surface area contributed by atoms with Gasteiger partial charge in [0.05, 0.1) is 17.3 Å². The Balaban J connectivity index is 2.13. The molecular formula is C13H13N3S. The predicted molar refractivity (Wildman–Crippen MR) is 70.1 cm³/mol. The summed E-state index contributed by atoms with van der Waals surface area (Å²) < 4.78 is 0. The standard InChI is InChI=1S/C13H13N3S/c1-10-9-17-13(15-10)16(2)8-12-5-3-4-11(6-12)7-14/h3-6,9H,8H2,1-2H3. The van der Waals surface area contributed by atoms with Gasteiger partial charge in [-0.3, -0.25) is 0 Å². The zero-order chi connectivity index (χ0) is 12.3. The summed E-state index contributed by atoms with van der Waals surface area (Å²) >= 11 is 1.64. The van der Waals surface area contributed by atoms with Crippen LogP contribution in [0, 0.1) is 18.3 Å². The first-order valence-corrected chi connectivity index (χ1v) is 6.19. The smallest absolute Gasteiger partial charge is 0.185 e. The van der Waals surface area contributed by atoms with Crippen molar-refractivity contribution in [3.8, 4) is 6.07 Å². The fourth-order valence-corrected chi connectivity index (χ4v) is 2.37. The number of aromatic nitrogens is 1. The van der Waals surface area contributed by atoms with Crippen molar-refractivity contribution in [1.82, 2.24) is 4.98 Å². The second-order valence-corrected chi connectivity index (χ2v) is 4.78. The summed E-state index contributed by atoms with van der Waals surface area (Å²) in [6, 6.07) is 9.82. The molecule has 0 unspecified atom stereocenters. The van der Waals surface area contributed by atoms with Crippen molar-refractivity contribution < 1.29 is 0 Å². The van der Waals surface area contributed by atoms with E-state index in [1.807, 2.05) is 43.6 Å². The van der Waals surface area contributed by atoms with Crippen LogP contribution in [0.15, 0.2) is 29.6 Å². The monoisotopic (exact) mass is 243 g/mol. The number of thiazole rings is 1. The maximum absolute atomic E-state index is 8.84. The van der Waals surface area contributed by atoms with Crippen LogP contribution in [0.5, 0.6) is 0 Å². The molecule has 1 heterocycles. The molecule has 4 heteroatoms. The van der Waals surface area contributed by atoms with E-state index in [1.54, 1.807) is 11.3 Å². The first-order chi connectivity index (χ1) is 8.19. The molecule has 0 amide bonds. The molecule has 0 aliphatic rings. The topological polar surface area (TPSA) is 39.9 Å². The molecule has 0 aliphatic carbocycles. The van der Waals surface area contributed by atoms with Crippen LogP contribution in [0.1, 0.15) is 16.8 Å². The molecule has 0 saturated carbocycles. The Morgan fingerprint density at radius 1 is 1.47 bits per heavy atom. The van der Waals surface area contributed by atoms with Crippen LogP contribution >= 0.6 is 11.3 Å². The highest BCUT2D eigenvalue weighted by molar-refractivity contribution is 7.13. The Morgan fingerprint density at radius 3 is 2.94 bits per heavy atom. The third-order valence-corrected chi connectivity index (χ3v) is 3.48. The molecule has 0 aliphatic heterocycles. The van der Waals surface area contributed by atoms with E-state index in [9.17, 15) is 0 Å². The molecule has 0 radical (unpaired) electrons. The highest BCUT2D eigenvalue weighted by atomic mass is 32.1. The SMILES string of the molecule is Cc1csc(N(C)Cc2cccc(C#N)c2)n1. The summed E-state index contributed by atoms with van der Waals surface area (Å²) in [5.41, 5.74) is 2.87. The first kappa shape index (κ1) is 11.6. The van der Waals surface area contributed by atoms with Gasteiger partial charge in [-0.25, -0.2) is 4.98 Å². The second-order valence-electron chi connectivity index (χ2n) is 3.94. The van der Waals surface area contributed by atoms with E-state index in [4.69, 9.17) is 5.26 Å². The summed E-state index contributed by atoms with van der Waals surface area (Å²) in [4.78, 5) is 6.52. The van der Waals surface area contributed by atoms with E-state index in [0.29, 0.717) is 5.56 Å². The van der Waals surface area contributed by atoms with E-state index in [1.165, 1.54) is 0 Å². The minimum Gasteiger partial charge on any atom is -0.347 e. The molecule has 86 valence electrons. The number of nitrogens with zero attached hydrogens (tertiary/aromatic N) is 3. The van der Waals surface area contributed by atoms with Gasteiger partial charge in [-0.15, -0.1) is 11.3 Å². The highest BCUT2D eigenvalue weighted by Crippen LogP contribution is 2.20. The number of hydrogen-bond donors (Lipinski definition) is 0. The van der Waals surface area contributed by atoms with Crippen LogP contribution < -0.4 is 4.90 Å². The Morgan fingerprint density at radius 2 is 2.29 bits per heavy atom. The fraction of sp³-hybridized carbons (Fsp3) is 0.231. The highest BCUT2D eigenvalue weighted by Gasteiger charge is 2.06. The number of rotatable bonds is 3. The minimum atomic E-state index is 0.700. The van der Waals surface area contributed by atoms with Gasteiger partial charge in [0.15, 0.2) is 5.13 Å². The van der Waals surface area contributed by atoms with E-state index in [0.717, 1.165) is 22.9 Å². The van der Waals surface area contributed by atoms with Crippen molar-refractivity contribution in [2.24, 2.45) is 0 Å². The number of nitriles is 1. The van der Waals surface area contributed by atoms with Crippen LogP contribution in [0.3, 0.4) is 0 Å².